The minimum absolute atomic E-state index is 0. The lowest BCUT2D eigenvalue weighted by atomic mass is 10.2. The van der Waals surface area contributed by atoms with E-state index in [0.717, 1.165) is 34.6 Å². The zero-order valence-electron chi connectivity index (χ0n) is 11.4. The van der Waals surface area contributed by atoms with Gasteiger partial charge in [0.05, 0.1) is 13.7 Å². The molecule has 0 fully saturated rings. The highest BCUT2D eigenvalue weighted by Crippen LogP contribution is 2.21. The maximum absolute atomic E-state index is 10.9. The maximum atomic E-state index is 10.9. The first-order valence-electron chi connectivity index (χ1n) is 6.21. The highest BCUT2D eigenvalue weighted by atomic mass is 79.9. The third-order valence-electron chi connectivity index (χ3n) is 2.94. The van der Waals surface area contributed by atoms with Gasteiger partial charge in [-0.1, -0.05) is 74.7 Å². The normalized spacial score (nSPS) is 15.8. The van der Waals surface area contributed by atoms with Crippen LogP contribution in [0.2, 0.25) is 0 Å². The van der Waals surface area contributed by atoms with Crippen LogP contribution in [0.25, 0.3) is 0 Å². The highest BCUT2D eigenvalue weighted by Gasteiger charge is 2.14. The summed E-state index contributed by atoms with van der Waals surface area (Å²) in [5.41, 5.74) is 4.41. The molecule has 21 heavy (non-hydrogen) atoms. The van der Waals surface area contributed by atoms with Gasteiger partial charge in [0.2, 0.25) is 0 Å². The Morgan fingerprint density at radius 1 is 1.10 bits per heavy atom. The number of carbonyl (C=O) groups excluding carboxylic acids is 1. The second-order valence-corrected chi connectivity index (χ2v) is 5.56. The predicted molar refractivity (Wildman–Crippen MR) is 95.0 cm³/mol. The molecular weight excluding hydrogens is 400 g/mol. The predicted octanol–water partition coefficient (Wildman–Crippen LogP) is 4.08. The topological polar surface area (TPSA) is 46.5 Å². The molecule has 1 N–H and O–H groups in total. The van der Waals surface area contributed by atoms with Crippen LogP contribution in [-0.4, -0.2) is 35.5 Å². The molecule has 2 aliphatic carbocycles. The molecule has 0 radical (unpaired) electrons. The Labute approximate surface area is 143 Å². The molecule has 0 heterocycles. The van der Waals surface area contributed by atoms with Gasteiger partial charge in [-0.3, -0.25) is 0 Å². The SMILES string of the molecule is C.COC(=O)C1=CC=C(CBr)C1.OCC1=CC=C(CBr)C1. The summed E-state index contributed by atoms with van der Waals surface area (Å²) < 4.78 is 4.57. The number of allylic oxidation sites excluding steroid dienone is 6. The van der Waals surface area contributed by atoms with Crippen molar-refractivity contribution < 1.29 is 14.6 Å². The number of aliphatic hydroxyl groups excluding tert-OH is 1. The summed E-state index contributed by atoms with van der Waals surface area (Å²) in [5, 5.41) is 10.4. The molecule has 0 aliphatic heterocycles. The molecule has 0 aromatic rings. The second-order valence-electron chi connectivity index (χ2n) is 4.44. The van der Waals surface area contributed by atoms with Gasteiger partial charge in [0, 0.05) is 22.7 Å². The molecule has 0 saturated heterocycles. The van der Waals surface area contributed by atoms with Crippen molar-refractivity contribution in [2.45, 2.75) is 20.3 Å². The van der Waals surface area contributed by atoms with E-state index < -0.39 is 0 Å². The first-order chi connectivity index (χ1) is 9.64. The number of ether oxygens (including phenoxy) is 1. The lowest BCUT2D eigenvalue weighted by molar-refractivity contribution is -0.136. The van der Waals surface area contributed by atoms with Gasteiger partial charge in [0.25, 0.3) is 0 Å². The quantitative estimate of drug-likeness (QED) is 0.549. The van der Waals surface area contributed by atoms with Gasteiger partial charge in [0.1, 0.15) is 0 Å². The van der Waals surface area contributed by atoms with Gasteiger partial charge in [-0.15, -0.1) is 0 Å². The third-order valence-corrected chi connectivity index (χ3v) is 4.38. The van der Waals surface area contributed by atoms with E-state index in [0.29, 0.717) is 0 Å². The molecule has 2 aliphatic rings. The molecule has 2 rings (SSSR count). The van der Waals surface area contributed by atoms with Crippen molar-refractivity contribution in [2.75, 3.05) is 24.4 Å². The maximum Gasteiger partial charge on any atom is 0.334 e. The lowest BCUT2D eigenvalue weighted by Gasteiger charge is -1.99. The second kappa shape index (κ2) is 11.0. The van der Waals surface area contributed by atoms with Crippen LogP contribution < -0.4 is 0 Å². The number of methoxy groups -OCH3 is 1. The summed E-state index contributed by atoms with van der Waals surface area (Å²) in [4.78, 5) is 10.9. The zero-order chi connectivity index (χ0) is 15.0. The summed E-state index contributed by atoms with van der Waals surface area (Å²) >= 11 is 6.67. The molecule has 0 saturated carbocycles. The molecule has 0 amide bonds. The molecular formula is C16H22Br2O3. The Bertz CT molecular complexity index is 456. The average Bonchev–Trinajstić information content (AvgIpc) is 3.15. The van der Waals surface area contributed by atoms with E-state index in [1.165, 1.54) is 18.3 Å². The average molecular weight is 422 g/mol. The Morgan fingerprint density at radius 3 is 2.00 bits per heavy atom. The first kappa shape index (κ1) is 20.3. The summed E-state index contributed by atoms with van der Waals surface area (Å²) in [7, 11) is 1.40. The molecule has 0 aromatic carbocycles. The van der Waals surface area contributed by atoms with Gasteiger partial charge < -0.3 is 9.84 Å². The third kappa shape index (κ3) is 6.76. The minimum Gasteiger partial charge on any atom is -0.466 e. The van der Waals surface area contributed by atoms with Crippen molar-refractivity contribution in [1.29, 1.82) is 0 Å². The molecule has 0 aromatic heterocycles. The van der Waals surface area contributed by atoms with Gasteiger partial charge >= 0.3 is 5.97 Å². The van der Waals surface area contributed by atoms with Crippen molar-refractivity contribution in [3.8, 4) is 0 Å². The molecule has 3 nitrogen and oxygen atoms in total. The van der Waals surface area contributed by atoms with Crippen molar-refractivity contribution in [3.05, 3.63) is 46.6 Å². The molecule has 5 heteroatoms. The summed E-state index contributed by atoms with van der Waals surface area (Å²) in [5.74, 6) is -0.225. The highest BCUT2D eigenvalue weighted by molar-refractivity contribution is 9.09. The standard InChI is InChI=1S/C8H9BrO2.C7H9BrO.CH4/c1-11-8(10)7-3-2-6(4-7)5-9;8-4-6-1-2-7(3-6)5-9;/h2-3H,4-5H2,1H3;1-2,9H,3-5H2;1H4. The summed E-state index contributed by atoms with van der Waals surface area (Å²) in [6, 6.07) is 0. The first-order valence-corrected chi connectivity index (χ1v) is 8.46. The van der Waals surface area contributed by atoms with E-state index in [2.05, 4.69) is 42.7 Å². The fraction of sp³-hybridized carbons (Fsp3) is 0.438. The molecule has 118 valence electrons. The van der Waals surface area contributed by atoms with Gasteiger partial charge in [-0.2, -0.15) is 0 Å². The van der Waals surface area contributed by atoms with Crippen LogP contribution >= 0.6 is 31.9 Å². The number of hydrogen-bond acceptors (Lipinski definition) is 3. The van der Waals surface area contributed by atoms with Crippen LogP contribution in [0, 0.1) is 0 Å². The van der Waals surface area contributed by atoms with E-state index >= 15 is 0 Å². The Hall–Kier alpha value is -0.650. The number of esters is 1. The smallest absolute Gasteiger partial charge is 0.334 e. The number of rotatable bonds is 4. The minimum atomic E-state index is -0.225. The molecule has 0 unspecified atom stereocenters. The lowest BCUT2D eigenvalue weighted by Crippen LogP contribution is -2.03. The van der Waals surface area contributed by atoms with Gasteiger partial charge in [-0.05, 0) is 12.0 Å². The number of hydrogen-bond donors (Lipinski definition) is 1. The summed E-state index contributed by atoms with van der Waals surface area (Å²) in [6.07, 6.45) is 9.46. The van der Waals surface area contributed by atoms with E-state index in [-0.39, 0.29) is 20.0 Å². The van der Waals surface area contributed by atoms with Crippen LogP contribution in [0.1, 0.15) is 20.3 Å². The number of halogens is 2. The molecule has 0 atom stereocenters. The van der Waals surface area contributed by atoms with Crippen molar-refractivity contribution >= 4 is 37.8 Å². The van der Waals surface area contributed by atoms with Crippen molar-refractivity contribution in [1.82, 2.24) is 0 Å². The fourth-order valence-electron chi connectivity index (χ4n) is 1.79. The fourth-order valence-corrected chi connectivity index (χ4v) is 2.56. The van der Waals surface area contributed by atoms with E-state index in [4.69, 9.17) is 5.11 Å². The Kier molecular flexibility index (Phi) is 10.6. The van der Waals surface area contributed by atoms with Crippen LogP contribution in [0.15, 0.2) is 46.6 Å². The molecule has 0 bridgehead atoms. The van der Waals surface area contributed by atoms with E-state index in [1.807, 2.05) is 18.2 Å². The monoisotopic (exact) mass is 420 g/mol. The Balaban J connectivity index is 0.000000370. The van der Waals surface area contributed by atoms with Crippen LogP contribution in [0.4, 0.5) is 0 Å². The largest absolute Gasteiger partial charge is 0.466 e. The number of aliphatic hydroxyl groups is 1. The van der Waals surface area contributed by atoms with Gasteiger partial charge in [-0.25, -0.2) is 4.79 Å². The zero-order valence-corrected chi connectivity index (χ0v) is 14.5. The summed E-state index contributed by atoms with van der Waals surface area (Å²) in [6.45, 7) is 0.201. The molecule has 0 spiro atoms. The van der Waals surface area contributed by atoms with Crippen LogP contribution in [0.3, 0.4) is 0 Å². The van der Waals surface area contributed by atoms with Crippen molar-refractivity contribution in [2.24, 2.45) is 0 Å². The van der Waals surface area contributed by atoms with E-state index in [1.54, 1.807) is 0 Å². The van der Waals surface area contributed by atoms with Gasteiger partial charge in [0.15, 0.2) is 0 Å². The number of carbonyl (C=O) groups is 1. The number of alkyl halides is 2. The Morgan fingerprint density at radius 2 is 1.62 bits per heavy atom. The van der Waals surface area contributed by atoms with E-state index in [9.17, 15) is 4.79 Å². The van der Waals surface area contributed by atoms with Crippen LogP contribution in [-0.2, 0) is 9.53 Å². The van der Waals surface area contributed by atoms with Crippen LogP contribution in [0.5, 0.6) is 0 Å². The van der Waals surface area contributed by atoms with Crippen molar-refractivity contribution in [3.63, 3.8) is 0 Å².